The van der Waals surface area contributed by atoms with Crippen LogP contribution in [0.4, 0.5) is 11.4 Å². The van der Waals surface area contributed by atoms with E-state index >= 15 is 0 Å². The van der Waals surface area contributed by atoms with Crippen molar-refractivity contribution in [3.05, 3.63) is 94.0 Å². The number of piperazine rings is 1. The second-order valence-corrected chi connectivity index (χ2v) is 9.71. The van der Waals surface area contributed by atoms with E-state index in [1.54, 1.807) is 6.08 Å². The summed E-state index contributed by atoms with van der Waals surface area (Å²) in [6, 6.07) is 20.4. The van der Waals surface area contributed by atoms with Gasteiger partial charge in [-0.3, -0.25) is 14.9 Å². The fourth-order valence-electron chi connectivity index (χ4n) is 4.00. The lowest BCUT2D eigenvalue weighted by Gasteiger charge is -2.35. The Hall–Kier alpha value is -3.59. The minimum absolute atomic E-state index is 0.0165. The zero-order valence-corrected chi connectivity index (χ0v) is 22.9. The summed E-state index contributed by atoms with van der Waals surface area (Å²) < 4.78 is 5.11. The molecular formula is C28H26Cl2N4O3S. The van der Waals surface area contributed by atoms with Crippen LogP contribution in [0, 0.1) is 0 Å². The van der Waals surface area contributed by atoms with Gasteiger partial charge < -0.3 is 19.9 Å². The number of rotatable bonds is 6. The molecule has 0 spiro atoms. The van der Waals surface area contributed by atoms with Crippen molar-refractivity contribution in [2.75, 3.05) is 43.5 Å². The molecule has 10 heteroatoms. The number of hydrogen-bond acceptors (Lipinski definition) is 5. The molecule has 0 saturated carbocycles. The van der Waals surface area contributed by atoms with Crippen molar-refractivity contribution in [1.82, 2.24) is 10.2 Å². The van der Waals surface area contributed by atoms with E-state index in [4.69, 9.17) is 40.2 Å². The Morgan fingerprint density at radius 3 is 2.18 bits per heavy atom. The Morgan fingerprint density at radius 2 is 1.58 bits per heavy atom. The molecule has 4 rings (SSSR count). The van der Waals surface area contributed by atoms with E-state index in [0.717, 1.165) is 30.0 Å². The van der Waals surface area contributed by atoms with Gasteiger partial charge in [-0.1, -0.05) is 53.5 Å². The molecule has 3 aromatic carbocycles. The molecule has 1 saturated heterocycles. The third-order valence-electron chi connectivity index (χ3n) is 5.99. The van der Waals surface area contributed by atoms with Gasteiger partial charge in [0.05, 0.1) is 17.2 Å². The second kappa shape index (κ2) is 12.8. The van der Waals surface area contributed by atoms with Crippen molar-refractivity contribution in [2.45, 2.75) is 0 Å². The minimum atomic E-state index is -0.448. The van der Waals surface area contributed by atoms with Crippen LogP contribution >= 0.6 is 35.4 Å². The third kappa shape index (κ3) is 7.04. The van der Waals surface area contributed by atoms with E-state index in [-0.39, 0.29) is 26.6 Å². The van der Waals surface area contributed by atoms with Crippen LogP contribution < -0.4 is 20.3 Å². The van der Waals surface area contributed by atoms with Crippen LogP contribution in [0.15, 0.2) is 72.8 Å². The highest BCUT2D eigenvalue weighted by atomic mass is 35.5. The Morgan fingerprint density at radius 1 is 0.947 bits per heavy atom. The number of carbonyl (C=O) groups is 2. The maximum Gasteiger partial charge on any atom is 0.257 e. The number of anilines is 2. The predicted molar refractivity (Wildman–Crippen MR) is 157 cm³/mol. The van der Waals surface area contributed by atoms with Crippen LogP contribution in [0.2, 0.25) is 10.0 Å². The summed E-state index contributed by atoms with van der Waals surface area (Å²) in [5, 5.41) is 6.22. The Labute approximate surface area is 237 Å². The predicted octanol–water partition coefficient (Wildman–Crippen LogP) is 5.49. The fourth-order valence-corrected chi connectivity index (χ4v) is 4.85. The first-order valence-corrected chi connectivity index (χ1v) is 13.0. The number of carbonyl (C=O) groups excluding carboxylic acids is 2. The number of ether oxygens (including phenoxy) is 1. The summed E-state index contributed by atoms with van der Waals surface area (Å²) in [4.78, 5) is 29.2. The van der Waals surface area contributed by atoms with Crippen molar-refractivity contribution in [3.8, 4) is 5.75 Å². The lowest BCUT2D eigenvalue weighted by atomic mass is 10.2. The van der Waals surface area contributed by atoms with Crippen LogP contribution in [0.5, 0.6) is 5.75 Å². The van der Waals surface area contributed by atoms with Crippen LogP contribution in [0.1, 0.15) is 15.9 Å². The van der Waals surface area contributed by atoms with Gasteiger partial charge in [0.25, 0.3) is 5.91 Å². The number of benzene rings is 3. The lowest BCUT2D eigenvalue weighted by Crippen LogP contribution is -2.48. The highest BCUT2D eigenvalue weighted by Gasteiger charge is 2.20. The Bertz CT molecular complexity index is 1320. The van der Waals surface area contributed by atoms with Crippen molar-refractivity contribution in [1.29, 1.82) is 0 Å². The number of hydrogen-bond donors (Lipinski definition) is 2. The Balaban J connectivity index is 1.26. The van der Waals surface area contributed by atoms with E-state index < -0.39 is 5.91 Å². The number of methoxy groups -OCH3 is 1. The molecule has 0 aliphatic carbocycles. The zero-order valence-electron chi connectivity index (χ0n) is 20.6. The largest absolute Gasteiger partial charge is 0.494 e. The molecule has 0 unspecified atom stereocenters. The second-order valence-electron chi connectivity index (χ2n) is 8.48. The number of nitrogens with zero attached hydrogens (tertiary/aromatic N) is 2. The first-order chi connectivity index (χ1) is 18.3. The first-order valence-electron chi connectivity index (χ1n) is 11.9. The van der Waals surface area contributed by atoms with Gasteiger partial charge in [-0.05, 0) is 60.3 Å². The van der Waals surface area contributed by atoms with Gasteiger partial charge in [0.1, 0.15) is 0 Å². The molecule has 1 heterocycles. The maximum absolute atomic E-state index is 12.6. The van der Waals surface area contributed by atoms with E-state index in [0.29, 0.717) is 18.8 Å². The monoisotopic (exact) mass is 568 g/mol. The molecule has 1 fully saturated rings. The summed E-state index contributed by atoms with van der Waals surface area (Å²) in [5.41, 5.74) is 3.03. The SMILES string of the molecule is COc1c(Cl)cc(C(=O)NC(=S)Nc2ccc(N3CCN(C(=O)/C=C/c4ccccc4)CC3)cc2)cc1Cl. The zero-order chi connectivity index (χ0) is 27.1. The van der Waals surface area contributed by atoms with Gasteiger partial charge >= 0.3 is 0 Å². The summed E-state index contributed by atoms with van der Waals surface area (Å²) in [7, 11) is 1.45. The van der Waals surface area contributed by atoms with Crippen molar-refractivity contribution >= 4 is 69.8 Å². The van der Waals surface area contributed by atoms with Crippen LogP contribution in [-0.2, 0) is 4.79 Å². The molecule has 3 aromatic rings. The van der Waals surface area contributed by atoms with E-state index in [9.17, 15) is 9.59 Å². The minimum Gasteiger partial charge on any atom is -0.494 e. The average Bonchev–Trinajstić information content (AvgIpc) is 2.92. The normalized spacial score (nSPS) is 13.3. The number of amides is 2. The molecule has 1 aliphatic heterocycles. The molecule has 196 valence electrons. The smallest absolute Gasteiger partial charge is 0.257 e. The summed E-state index contributed by atoms with van der Waals surface area (Å²) in [6.45, 7) is 2.76. The van der Waals surface area contributed by atoms with Crippen molar-refractivity contribution < 1.29 is 14.3 Å². The number of halogens is 2. The quantitative estimate of drug-likeness (QED) is 0.302. The average molecular weight is 570 g/mol. The summed E-state index contributed by atoms with van der Waals surface area (Å²) in [6.07, 6.45) is 3.47. The van der Waals surface area contributed by atoms with Gasteiger partial charge in [0.15, 0.2) is 10.9 Å². The maximum atomic E-state index is 12.6. The fraction of sp³-hybridized carbons (Fsp3) is 0.179. The van der Waals surface area contributed by atoms with Gasteiger partial charge in [-0.15, -0.1) is 0 Å². The molecule has 2 N–H and O–H groups in total. The van der Waals surface area contributed by atoms with Crippen LogP contribution in [-0.4, -0.2) is 55.1 Å². The van der Waals surface area contributed by atoms with Gasteiger partial charge in [0, 0.05) is 49.2 Å². The van der Waals surface area contributed by atoms with Crippen LogP contribution in [0.3, 0.4) is 0 Å². The lowest BCUT2D eigenvalue weighted by molar-refractivity contribution is -0.126. The molecule has 0 bridgehead atoms. The number of nitrogens with one attached hydrogen (secondary N) is 2. The molecule has 7 nitrogen and oxygen atoms in total. The van der Waals surface area contributed by atoms with Gasteiger partial charge in [0.2, 0.25) is 5.91 Å². The standard InChI is InChI=1S/C28H26Cl2N4O3S/c1-37-26-23(29)17-20(18-24(26)30)27(36)32-28(38)31-21-8-10-22(11-9-21)33-13-15-34(16-14-33)25(35)12-7-19-5-3-2-4-6-19/h2-12,17-18H,13-16H2,1H3,(H2,31,32,36,38)/b12-7+. The topological polar surface area (TPSA) is 73.9 Å². The highest BCUT2D eigenvalue weighted by molar-refractivity contribution is 7.80. The van der Waals surface area contributed by atoms with Crippen LogP contribution in [0.25, 0.3) is 6.08 Å². The first kappa shape index (κ1) is 27.4. The van der Waals surface area contributed by atoms with Crippen molar-refractivity contribution in [3.63, 3.8) is 0 Å². The van der Waals surface area contributed by atoms with E-state index in [1.807, 2.05) is 65.6 Å². The summed E-state index contributed by atoms with van der Waals surface area (Å²) >= 11 is 17.5. The molecule has 38 heavy (non-hydrogen) atoms. The summed E-state index contributed by atoms with van der Waals surface area (Å²) in [5.74, 6) is -0.127. The molecular weight excluding hydrogens is 543 g/mol. The van der Waals surface area contributed by atoms with Crippen molar-refractivity contribution in [2.24, 2.45) is 0 Å². The van der Waals surface area contributed by atoms with E-state index in [1.165, 1.54) is 19.2 Å². The molecule has 2 amide bonds. The van der Waals surface area contributed by atoms with E-state index in [2.05, 4.69) is 15.5 Å². The Kier molecular flexibility index (Phi) is 9.23. The highest BCUT2D eigenvalue weighted by Crippen LogP contribution is 2.33. The molecule has 0 radical (unpaired) electrons. The van der Waals surface area contributed by atoms with Gasteiger partial charge in [-0.2, -0.15) is 0 Å². The molecule has 0 aromatic heterocycles. The number of thiocarbonyl (C=S) groups is 1. The third-order valence-corrected chi connectivity index (χ3v) is 6.76. The molecule has 1 aliphatic rings. The van der Waals surface area contributed by atoms with Gasteiger partial charge in [-0.25, -0.2) is 0 Å². The molecule has 0 atom stereocenters.